The summed E-state index contributed by atoms with van der Waals surface area (Å²) in [7, 11) is 1.57. The molecule has 2 rings (SSSR count). The first-order valence-electron chi connectivity index (χ1n) is 8.86. The molecular weight excluding hydrogens is 356 g/mol. The highest BCUT2D eigenvalue weighted by atomic mass is 16.2. The first kappa shape index (κ1) is 20.7. The molecule has 28 heavy (non-hydrogen) atoms. The van der Waals surface area contributed by atoms with Gasteiger partial charge in [-0.2, -0.15) is 0 Å². The van der Waals surface area contributed by atoms with E-state index < -0.39 is 0 Å². The molecule has 0 bridgehead atoms. The van der Waals surface area contributed by atoms with Gasteiger partial charge in [0.05, 0.1) is 0 Å². The fourth-order valence-electron chi connectivity index (χ4n) is 2.31. The summed E-state index contributed by atoms with van der Waals surface area (Å²) >= 11 is 0. The van der Waals surface area contributed by atoms with Crippen molar-refractivity contribution in [2.24, 2.45) is 0 Å². The van der Waals surface area contributed by atoms with Crippen molar-refractivity contribution in [3.63, 3.8) is 0 Å². The quantitative estimate of drug-likeness (QED) is 0.579. The summed E-state index contributed by atoms with van der Waals surface area (Å²) < 4.78 is 0. The van der Waals surface area contributed by atoms with Crippen molar-refractivity contribution in [1.82, 2.24) is 10.6 Å². The lowest BCUT2D eigenvalue weighted by atomic mass is 10.1. The van der Waals surface area contributed by atoms with Crippen molar-refractivity contribution in [1.29, 1.82) is 0 Å². The number of hydrogen-bond donors (Lipinski definition) is 4. The van der Waals surface area contributed by atoms with Crippen LogP contribution in [0.3, 0.4) is 0 Å². The van der Waals surface area contributed by atoms with Crippen molar-refractivity contribution in [3.8, 4) is 0 Å². The van der Waals surface area contributed by atoms with Crippen LogP contribution in [0.1, 0.15) is 29.8 Å². The predicted molar refractivity (Wildman–Crippen MR) is 111 cm³/mol. The van der Waals surface area contributed by atoms with Gasteiger partial charge in [0.15, 0.2) is 0 Å². The van der Waals surface area contributed by atoms with Crippen molar-refractivity contribution < 1.29 is 14.4 Å². The third-order valence-corrected chi connectivity index (χ3v) is 3.66. The van der Waals surface area contributed by atoms with E-state index in [2.05, 4.69) is 21.3 Å². The Morgan fingerprint density at radius 1 is 0.857 bits per heavy atom. The van der Waals surface area contributed by atoms with Gasteiger partial charge in [-0.1, -0.05) is 12.1 Å². The lowest BCUT2D eigenvalue weighted by molar-refractivity contribution is -0.111. The Hall–Kier alpha value is -3.61. The molecule has 0 radical (unpaired) electrons. The van der Waals surface area contributed by atoms with Gasteiger partial charge >= 0.3 is 6.03 Å². The number of carbonyl (C=O) groups excluding carboxylic acids is 3. The summed E-state index contributed by atoms with van der Waals surface area (Å²) in [6, 6.07) is 13.5. The number of amides is 4. The monoisotopic (exact) mass is 380 g/mol. The zero-order valence-electron chi connectivity index (χ0n) is 16.1. The highest BCUT2D eigenvalue weighted by Gasteiger charge is 2.04. The Bertz CT molecular complexity index is 856. The SMILES string of the molecule is CNC(=O)c1ccc(/C=C/C(=O)Nc2ccc(NC(=O)NC(C)C)cc2)cc1. The summed E-state index contributed by atoms with van der Waals surface area (Å²) in [5, 5.41) is 10.7. The van der Waals surface area contributed by atoms with Crippen molar-refractivity contribution >= 4 is 35.3 Å². The third-order valence-electron chi connectivity index (χ3n) is 3.66. The lowest BCUT2D eigenvalue weighted by Gasteiger charge is -2.10. The van der Waals surface area contributed by atoms with Gasteiger partial charge in [0.2, 0.25) is 5.91 Å². The van der Waals surface area contributed by atoms with E-state index in [-0.39, 0.29) is 23.9 Å². The van der Waals surface area contributed by atoms with Gasteiger partial charge in [-0.15, -0.1) is 0 Å². The van der Waals surface area contributed by atoms with Gasteiger partial charge in [-0.05, 0) is 61.9 Å². The molecule has 0 heterocycles. The van der Waals surface area contributed by atoms with Crippen molar-refractivity contribution in [3.05, 3.63) is 65.7 Å². The zero-order valence-corrected chi connectivity index (χ0v) is 16.1. The van der Waals surface area contributed by atoms with Crippen molar-refractivity contribution in [2.45, 2.75) is 19.9 Å². The van der Waals surface area contributed by atoms with Crippen LogP contribution in [-0.4, -0.2) is 30.9 Å². The second-order valence-electron chi connectivity index (χ2n) is 6.35. The molecule has 2 aromatic carbocycles. The average Bonchev–Trinajstić information content (AvgIpc) is 2.67. The zero-order chi connectivity index (χ0) is 20.5. The number of nitrogens with one attached hydrogen (secondary N) is 4. The maximum atomic E-state index is 12.0. The molecule has 4 N–H and O–H groups in total. The molecule has 0 unspecified atom stereocenters. The van der Waals surface area contributed by atoms with E-state index >= 15 is 0 Å². The Morgan fingerprint density at radius 3 is 1.96 bits per heavy atom. The van der Waals surface area contributed by atoms with E-state index in [1.54, 1.807) is 61.7 Å². The number of carbonyl (C=O) groups is 3. The topological polar surface area (TPSA) is 99.3 Å². The van der Waals surface area contributed by atoms with E-state index in [0.29, 0.717) is 16.9 Å². The molecule has 2 aromatic rings. The number of rotatable bonds is 6. The van der Waals surface area contributed by atoms with Crippen LogP contribution < -0.4 is 21.3 Å². The fourth-order valence-corrected chi connectivity index (χ4v) is 2.31. The highest BCUT2D eigenvalue weighted by Crippen LogP contribution is 2.14. The summed E-state index contributed by atoms with van der Waals surface area (Å²) in [5.74, 6) is -0.443. The Balaban J connectivity index is 1.89. The lowest BCUT2D eigenvalue weighted by Crippen LogP contribution is -2.34. The summed E-state index contributed by atoms with van der Waals surface area (Å²) in [4.78, 5) is 35.2. The van der Waals surface area contributed by atoms with Gasteiger partial charge in [0, 0.05) is 36.1 Å². The largest absolute Gasteiger partial charge is 0.355 e. The molecule has 0 saturated carbocycles. The molecular formula is C21H24N4O3. The van der Waals surface area contributed by atoms with Gasteiger partial charge in [0.25, 0.3) is 5.91 Å². The minimum Gasteiger partial charge on any atom is -0.355 e. The second-order valence-corrected chi connectivity index (χ2v) is 6.35. The van der Waals surface area contributed by atoms with Gasteiger partial charge in [-0.25, -0.2) is 4.79 Å². The molecule has 0 saturated heterocycles. The molecule has 0 atom stereocenters. The molecule has 146 valence electrons. The van der Waals surface area contributed by atoms with Gasteiger partial charge < -0.3 is 21.3 Å². The predicted octanol–water partition coefficient (Wildman–Crippen LogP) is 3.23. The van der Waals surface area contributed by atoms with Gasteiger partial charge in [-0.3, -0.25) is 9.59 Å². The fraction of sp³-hybridized carbons (Fsp3) is 0.190. The molecule has 7 nitrogen and oxygen atoms in total. The van der Waals surface area contributed by atoms with Crippen LogP contribution in [-0.2, 0) is 4.79 Å². The molecule has 0 aromatic heterocycles. The van der Waals surface area contributed by atoms with E-state index in [4.69, 9.17) is 0 Å². The summed E-state index contributed by atoms with van der Waals surface area (Å²) in [6.45, 7) is 3.75. The number of urea groups is 1. The smallest absolute Gasteiger partial charge is 0.319 e. The van der Waals surface area contributed by atoms with E-state index in [1.165, 1.54) is 6.08 Å². The molecule has 0 aliphatic heterocycles. The van der Waals surface area contributed by atoms with Crippen LogP contribution in [0.25, 0.3) is 6.08 Å². The highest BCUT2D eigenvalue weighted by molar-refractivity contribution is 6.02. The minimum atomic E-state index is -0.284. The normalized spacial score (nSPS) is 10.6. The van der Waals surface area contributed by atoms with E-state index in [1.807, 2.05) is 13.8 Å². The molecule has 4 amide bonds. The standard InChI is InChI=1S/C21H24N4O3/c1-14(2)23-21(28)25-18-11-9-17(10-12-18)24-19(26)13-6-15-4-7-16(8-5-15)20(27)22-3/h4-14H,1-3H3,(H,22,27)(H,24,26)(H2,23,25,28)/b13-6+. The molecule has 0 spiro atoms. The maximum absolute atomic E-state index is 12.0. The first-order chi connectivity index (χ1) is 13.4. The van der Waals surface area contributed by atoms with Crippen LogP contribution in [0.15, 0.2) is 54.6 Å². The maximum Gasteiger partial charge on any atom is 0.319 e. The third kappa shape index (κ3) is 6.60. The molecule has 0 aliphatic carbocycles. The Kier molecular flexibility index (Phi) is 7.33. The minimum absolute atomic E-state index is 0.0466. The molecule has 0 fully saturated rings. The number of benzene rings is 2. The summed E-state index contributed by atoms with van der Waals surface area (Å²) in [6.07, 6.45) is 3.08. The molecule has 0 aliphatic rings. The van der Waals surface area contributed by atoms with Crippen LogP contribution in [0.5, 0.6) is 0 Å². The number of hydrogen-bond acceptors (Lipinski definition) is 3. The first-order valence-corrected chi connectivity index (χ1v) is 8.86. The average molecular weight is 380 g/mol. The van der Waals surface area contributed by atoms with E-state index in [9.17, 15) is 14.4 Å². The molecule has 7 heteroatoms. The van der Waals surface area contributed by atoms with Crippen molar-refractivity contribution in [2.75, 3.05) is 17.7 Å². The van der Waals surface area contributed by atoms with Gasteiger partial charge in [0.1, 0.15) is 0 Å². The Morgan fingerprint density at radius 2 is 1.43 bits per heavy atom. The van der Waals surface area contributed by atoms with Crippen LogP contribution in [0.2, 0.25) is 0 Å². The van der Waals surface area contributed by atoms with Crippen LogP contribution in [0, 0.1) is 0 Å². The summed E-state index contributed by atoms with van der Waals surface area (Å²) in [5.41, 5.74) is 2.60. The number of anilines is 2. The Labute approximate surface area is 164 Å². The van der Waals surface area contributed by atoms with Crippen LogP contribution in [0.4, 0.5) is 16.2 Å². The van der Waals surface area contributed by atoms with E-state index in [0.717, 1.165) is 5.56 Å². The second kappa shape index (κ2) is 9.91. The van der Waals surface area contributed by atoms with Crippen LogP contribution >= 0.6 is 0 Å².